The maximum atomic E-state index is 13.1. The Kier molecular flexibility index (Phi) is 4.33. The predicted octanol–water partition coefficient (Wildman–Crippen LogP) is 2.62. The van der Waals surface area contributed by atoms with E-state index in [0.717, 1.165) is 6.07 Å². The van der Waals surface area contributed by atoms with E-state index < -0.39 is 11.7 Å². The molecule has 16 heavy (non-hydrogen) atoms. The minimum atomic E-state index is -0.622. The monoisotopic (exact) mass is 239 g/mol. The summed E-state index contributed by atoms with van der Waals surface area (Å²) < 4.78 is 13.1. The molecule has 0 spiro atoms. The van der Waals surface area contributed by atoms with E-state index in [1.807, 2.05) is 6.92 Å². The molecular formula is C12H11ClFNO. The van der Waals surface area contributed by atoms with Crippen molar-refractivity contribution in [3.8, 4) is 12.3 Å². The van der Waals surface area contributed by atoms with Gasteiger partial charge in [0.15, 0.2) is 0 Å². The molecule has 0 saturated heterocycles. The average molecular weight is 240 g/mol. The fourth-order valence-corrected chi connectivity index (χ4v) is 1.26. The van der Waals surface area contributed by atoms with Gasteiger partial charge in [0.2, 0.25) is 0 Å². The number of hydrogen-bond donors (Lipinski definition) is 1. The third-order valence-electron chi connectivity index (χ3n) is 2.10. The van der Waals surface area contributed by atoms with Crippen LogP contribution in [-0.4, -0.2) is 11.9 Å². The number of carbonyl (C=O) groups is 1. The van der Waals surface area contributed by atoms with E-state index in [0.29, 0.717) is 6.42 Å². The van der Waals surface area contributed by atoms with Crippen LogP contribution in [0.2, 0.25) is 5.02 Å². The summed E-state index contributed by atoms with van der Waals surface area (Å²) in [5, 5.41) is 2.58. The molecule has 0 aliphatic heterocycles. The summed E-state index contributed by atoms with van der Waals surface area (Å²) in [6, 6.07) is 3.53. The van der Waals surface area contributed by atoms with Crippen LogP contribution in [0.4, 0.5) is 4.39 Å². The third-order valence-corrected chi connectivity index (χ3v) is 2.40. The Morgan fingerprint density at radius 1 is 1.69 bits per heavy atom. The number of terminal acetylenes is 1. The lowest BCUT2D eigenvalue weighted by Crippen LogP contribution is -2.33. The zero-order chi connectivity index (χ0) is 12.1. The second kappa shape index (κ2) is 5.53. The van der Waals surface area contributed by atoms with Crippen LogP contribution in [0.5, 0.6) is 0 Å². The standard InChI is InChI=1S/C12H11ClFNO/c1-3-9(4-2)15-12(16)8-5-6-10(13)11(14)7-8/h1,5-7,9H,4H2,2H3,(H,15,16). The first-order valence-electron chi connectivity index (χ1n) is 4.80. The Morgan fingerprint density at radius 2 is 2.38 bits per heavy atom. The molecule has 1 atom stereocenters. The van der Waals surface area contributed by atoms with Gasteiger partial charge in [-0.05, 0) is 24.6 Å². The summed E-state index contributed by atoms with van der Waals surface area (Å²) in [5.74, 6) is 1.40. The zero-order valence-electron chi connectivity index (χ0n) is 8.76. The molecule has 0 bridgehead atoms. The minimum absolute atomic E-state index is 0.0134. The molecule has 4 heteroatoms. The molecule has 0 aliphatic rings. The van der Waals surface area contributed by atoms with Gasteiger partial charge in [-0.3, -0.25) is 4.79 Å². The Morgan fingerprint density at radius 3 is 2.88 bits per heavy atom. The molecule has 0 saturated carbocycles. The van der Waals surface area contributed by atoms with Crippen LogP contribution in [0, 0.1) is 18.2 Å². The van der Waals surface area contributed by atoms with Gasteiger partial charge in [-0.1, -0.05) is 24.4 Å². The zero-order valence-corrected chi connectivity index (χ0v) is 9.51. The van der Waals surface area contributed by atoms with Gasteiger partial charge in [0, 0.05) is 5.56 Å². The Labute approximate surface area is 98.8 Å². The fraction of sp³-hybridized carbons (Fsp3) is 0.250. The number of carbonyl (C=O) groups excluding carboxylic acids is 1. The van der Waals surface area contributed by atoms with Crippen molar-refractivity contribution >= 4 is 17.5 Å². The highest BCUT2D eigenvalue weighted by Gasteiger charge is 2.11. The Balaban J connectivity index is 2.81. The van der Waals surface area contributed by atoms with Crippen LogP contribution in [0.15, 0.2) is 18.2 Å². The molecule has 2 nitrogen and oxygen atoms in total. The van der Waals surface area contributed by atoms with Gasteiger partial charge in [-0.25, -0.2) is 4.39 Å². The molecule has 1 aromatic carbocycles. The summed E-state index contributed by atoms with van der Waals surface area (Å²) >= 11 is 5.51. The van der Waals surface area contributed by atoms with Crippen molar-refractivity contribution < 1.29 is 9.18 Å². The van der Waals surface area contributed by atoms with Crippen LogP contribution in [-0.2, 0) is 0 Å². The second-order valence-corrected chi connectivity index (χ2v) is 3.64. The highest BCUT2D eigenvalue weighted by atomic mass is 35.5. The molecule has 0 aliphatic carbocycles. The van der Waals surface area contributed by atoms with Gasteiger partial charge in [-0.15, -0.1) is 6.42 Å². The summed E-state index contributed by atoms with van der Waals surface area (Å²) in [4.78, 5) is 11.6. The Hall–Kier alpha value is -1.53. The van der Waals surface area contributed by atoms with Crippen molar-refractivity contribution in [3.05, 3.63) is 34.6 Å². The molecule has 84 valence electrons. The van der Waals surface area contributed by atoms with Gasteiger partial charge in [0.1, 0.15) is 5.82 Å². The van der Waals surface area contributed by atoms with Crippen molar-refractivity contribution in [1.82, 2.24) is 5.32 Å². The van der Waals surface area contributed by atoms with E-state index in [9.17, 15) is 9.18 Å². The highest BCUT2D eigenvalue weighted by molar-refractivity contribution is 6.30. The molecule has 0 heterocycles. The number of hydrogen-bond acceptors (Lipinski definition) is 1. The topological polar surface area (TPSA) is 29.1 Å². The summed E-state index contributed by atoms with van der Waals surface area (Å²) in [5.41, 5.74) is 0.204. The van der Waals surface area contributed by atoms with E-state index >= 15 is 0 Å². The van der Waals surface area contributed by atoms with Crippen LogP contribution < -0.4 is 5.32 Å². The predicted molar refractivity (Wildman–Crippen MR) is 61.8 cm³/mol. The van der Waals surface area contributed by atoms with Gasteiger partial charge in [-0.2, -0.15) is 0 Å². The Bertz CT molecular complexity index is 439. The van der Waals surface area contributed by atoms with Crippen molar-refractivity contribution in [2.24, 2.45) is 0 Å². The van der Waals surface area contributed by atoms with Crippen molar-refractivity contribution in [2.75, 3.05) is 0 Å². The van der Waals surface area contributed by atoms with Crippen LogP contribution in [0.3, 0.4) is 0 Å². The first-order valence-corrected chi connectivity index (χ1v) is 5.18. The second-order valence-electron chi connectivity index (χ2n) is 3.23. The largest absolute Gasteiger partial charge is 0.338 e. The lowest BCUT2D eigenvalue weighted by molar-refractivity contribution is 0.0944. The van der Waals surface area contributed by atoms with E-state index in [1.165, 1.54) is 12.1 Å². The molecule has 1 unspecified atom stereocenters. The maximum absolute atomic E-state index is 13.1. The minimum Gasteiger partial charge on any atom is -0.338 e. The average Bonchev–Trinajstić information content (AvgIpc) is 2.29. The first kappa shape index (κ1) is 12.5. The summed E-state index contributed by atoms with van der Waals surface area (Å²) in [6.07, 6.45) is 5.83. The third kappa shape index (κ3) is 2.98. The van der Waals surface area contributed by atoms with Crippen molar-refractivity contribution in [1.29, 1.82) is 0 Å². The van der Waals surface area contributed by atoms with E-state index in [4.69, 9.17) is 18.0 Å². The molecule has 1 aromatic rings. The summed E-state index contributed by atoms with van der Waals surface area (Å²) in [7, 11) is 0. The molecule has 1 rings (SSSR count). The fourth-order valence-electron chi connectivity index (χ4n) is 1.14. The highest BCUT2D eigenvalue weighted by Crippen LogP contribution is 2.15. The van der Waals surface area contributed by atoms with Gasteiger partial charge in [0.25, 0.3) is 5.91 Å². The number of rotatable bonds is 3. The van der Waals surface area contributed by atoms with Gasteiger partial charge in [0.05, 0.1) is 11.1 Å². The van der Waals surface area contributed by atoms with Gasteiger partial charge < -0.3 is 5.32 Å². The number of halogens is 2. The van der Waals surface area contributed by atoms with E-state index in [2.05, 4.69) is 11.2 Å². The molecule has 1 amide bonds. The number of nitrogens with one attached hydrogen (secondary N) is 1. The van der Waals surface area contributed by atoms with Crippen LogP contribution >= 0.6 is 11.6 Å². The first-order chi connectivity index (χ1) is 7.58. The lowest BCUT2D eigenvalue weighted by atomic mass is 10.1. The SMILES string of the molecule is C#CC(CC)NC(=O)c1ccc(Cl)c(F)c1. The van der Waals surface area contributed by atoms with Crippen LogP contribution in [0.1, 0.15) is 23.7 Å². The van der Waals surface area contributed by atoms with Crippen molar-refractivity contribution in [2.45, 2.75) is 19.4 Å². The number of benzene rings is 1. The molecule has 0 radical (unpaired) electrons. The smallest absolute Gasteiger partial charge is 0.252 e. The molecule has 0 aromatic heterocycles. The van der Waals surface area contributed by atoms with E-state index in [1.54, 1.807) is 0 Å². The summed E-state index contributed by atoms with van der Waals surface area (Å²) in [6.45, 7) is 1.85. The van der Waals surface area contributed by atoms with Gasteiger partial charge >= 0.3 is 0 Å². The number of amides is 1. The van der Waals surface area contributed by atoms with E-state index in [-0.39, 0.29) is 16.6 Å². The molecule has 0 fully saturated rings. The van der Waals surface area contributed by atoms with Crippen molar-refractivity contribution in [3.63, 3.8) is 0 Å². The van der Waals surface area contributed by atoms with Crippen LogP contribution in [0.25, 0.3) is 0 Å². The maximum Gasteiger partial charge on any atom is 0.252 e. The lowest BCUT2D eigenvalue weighted by Gasteiger charge is -2.10. The normalized spacial score (nSPS) is 11.6. The quantitative estimate of drug-likeness (QED) is 0.808. The molecular weight excluding hydrogens is 229 g/mol. The molecule has 1 N–H and O–H groups in total.